The lowest BCUT2D eigenvalue weighted by molar-refractivity contribution is 1.27. The van der Waals surface area contributed by atoms with Crippen LogP contribution >= 0.6 is 23.2 Å². The van der Waals surface area contributed by atoms with Crippen LogP contribution in [0.1, 0.15) is 5.56 Å². The number of hydrogen-bond acceptors (Lipinski definition) is 0. The second kappa shape index (κ2) is 3.27. The first-order chi connectivity index (χ1) is 4.74. The molecule has 0 saturated carbocycles. The van der Waals surface area contributed by atoms with Gasteiger partial charge in [-0.2, -0.15) is 0 Å². The third-order valence-electron chi connectivity index (χ3n) is 1.22. The van der Waals surface area contributed by atoms with Gasteiger partial charge >= 0.3 is 0 Å². The van der Waals surface area contributed by atoms with E-state index in [1.54, 1.807) is 12.1 Å². The second-order valence-corrected chi connectivity index (χ2v) is 2.77. The van der Waals surface area contributed by atoms with Crippen molar-refractivity contribution in [1.82, 2.24) is 0 Å². The number of benzene rings is 1. The fourth-order valence-electron chi connectivity index (χ4n) is 0.667. The fraction of sp³-hybridized carbons (Fsp3) is 0.125. The predicted octanol–water partition coefficient (Wildman–Crippen LogP) is 3.25. The molecule has 52 valence electrons. The molecule has 0 amide bonds. The minimum absolute atomic E-state index is 0.497. The van der Waals surface area contributed by atoms with Crippen LogP contribution in [0.4, 0.5) is 0 Å². The summed E-state index contributed by atoms with van der Waals surface area (Å²) in [5.41, 5.74) is 0.995. The van der Waals surface area contributed by atoms with E-state index >= 15 is 0 Å². The van der Waals surface area contributed by atoms with Crippen molar-refractivity contribution in [2.75, 3.05) is 0 Å². The molecule has 2 radical (unpaired) electrons. The summed E-state index contributed by atoms with van der Waals surface area (Å²) in [6.07, 6.45) is 0.497. The predicted molar refractivity (Wildman–Crippen MR) is 44.5 cm³/mol. The first-order valence-corrected chi connectivity index (χ1v) is 3.63. The van der Waals surface area contributed by atoms with Crippen LogP contribution in [0.5, 0.6) is 0 Å². The molecular formula is C8H6Cl2. The molecule has 0 bridgehead atoms. The number of rotatable bonds is 1. The quantitative estimate of drug-likeness (QED) is 0.611. The maximum absolute atomic E-state index is 5.71. The summed E-state index contributed by atoms with van der Waals surface area (Å²) >= 11 is 11.4. The summed E-state index contributed by atoms with van der Waals surface area (Å²) in [6.45, 7) is 5.37. The van der Waals surface area contributed by atoms with E-state index < -0.39 is 0 Å². The van der Waals surface area contributed by atoms with Gasteiger partial charge in [0, 0.05) is 0 Å². The molecule has 0 aliphatic carbocycles. The second-order valence-electron chi connectivity index (χ2n) is 1.95. The molecule has 0 aromatic heterocycles. The summed E-state index contributed by atoms with van der Waals surface area (Å²) in [4.78, 5) is 0. The average Bonchev–Trinajstić information content (AvgIpc) is 1.95. The summed E-state index contributed by atoms with van der Waals surface area (Å²) in [7, 11) is 0. The minimum Gasteiger partial charge on any atom is -0.0827 e. The molecule has 1 rings (SSSR count). The van der Waals surface area contributed by atoms with Crippen LogP contribution in [0.15, 0.2) is 18.2 Å². The molecule has 0 heterocycles. The van der Waals surface area contributed by atoms with Gasteiger partial charge in [-0.3, -0.25) is 0 Å². The van der Waals surface area contributed by atoms with E-state index in [4.69, 9.17) is 30.1 Å². The molecular weight excluding hydrogens is 167 g/mol. The SMILES string of the molecule is [CH]Cc1ccc(Cl)c(Cl)c1. The Morgan fingerprint density at radius 3 is 2.40 bits per heavy atom. The number of hydrogen-bond donors (Lipinski definition) is 0. The van der Waals surface area contributed by atoms with Crippen molar-refractivity contribution in [3.05, 3.63) is 40.7 Å². The zero-order valence-corrected chi connectivity index (χ0v) is 6.78. The van der Waals surface area contributed by atoms with Gasteiger partial charge in [-0.1, -0.05) is 29.3 Å². The Labute approximate surface area is 70.8 Å². The smallest absolute Gasteiger partial charge is 0.0595 e. The largest absolute Gasteiger partial charge is 0.0827 e. The molecule has 0 N–H and O–H groups in total. The van der Waals surface area contributed by atoms with Crippen LogP contribution in [-0.4, -0.2) is 0 Å². The Morgan fingerprint density at radius 1 is 1.20 bits per heavy atom. The maximum atomic E-state index is 5.71. The van der Waals surface area contributed by atoms with Gasteiger partial charge in [0.15, 0.2) is 0 Å². The standard InChI is InChI=1S/C8H6Cl2/c1-2-6-3-4-7(9)8(10)5-6/h1,3-5H,2H2. The Bertz CT molecular complexity index is 231. The van der Waals surface area contributed by atoms with Gasteiger partial charge in [0.1, 0.15) is 0 Å². The number of halogens is 2. The fourth-order valence-corrected chi connectivity index (χ4v) is 0.987. The molecule has 1 aromatic rings. The van der Waals surface area contributed by atoms with Crippen molar-refractivity contribution < 1.29 is 0 Å². The summed E-state index contributed by atoms with van der Waals surface area (Å²) in [5.74, 6) is 0. The molecule has 0 aliphatic rings. The molecule has 0 aliphatic heterocycles. The molecule has 0 spiro atoms. The highest BCUT2D eigenvalue weighted by atomic mass is 35.5. The lowest BCUT2D eigenvalue weighted by Crippen LogP contribution is -1.78. The van der Waals surface area contributed by atoms with E-state index in [9.17, 15) is 0 Å². The molecule has 0 fully saturated rings. The van der Waals surface area contributed by atoms with Crippen molar-refractivity contribution >= 4 is 23.2 Å². The zero-order valence-electron chi connectivity index (χ0n) is 5.27. The van der Waals surface area contributed by atoms with Crippen molar-refractivity contribution in [2.45, 2.75) is 6.42 Å². The average molecular weight is 173 g/mol. The van der Waals surface area contributed by atoms with E-state index in [0.717, 1.165) is 5.56 Å². The summed E-state index contributed by atoms with van der Waals surface area (Å²) in [6, 6.07) is 5.37. The van der Waals surface area contributed by atoms with Gasteiger partial charge in [-0.05, 0) is 31.0 Å². The van der Waals surface area contributed by atoms with Gasteiger partial charge in [-0.25, -0.2) is 0 Å². The topological polar surface area (TPSA) is 0 Å². The van der Waals surface area contributed by atoms with Gasteiger partial charge in [0.2, 0.25) is 0 Å². The van der Waals surface area contributed by atoms with Crippen molar-refractivity contribution in [3.8, 4) is 0 Å². The van der Waals surface area contributed by atoms with Crippen LogP contribution in [0.3, 0.4) is 0 Å². The van der Waals surface area contributed by atoms with Gasteiger partial charge < -0.3 is 0 Å². The molecule has 2 heteroatoms. The van der Waals surface area contributed by atoms with E-state index in [2.05, 4.69) is 0 Å². The van der Waals surface area contributed by atoms with Crippen LogP contribution in [-0.2, 0) is 6.42 Å². The van der Waals surface area contributed by atoms with Crippen molar-refractivity contribution in [2.24, 2.45) is 0 Å². The van der Waals surface area contributed by atoms with Crippen LogP contribution in [0, 0.1) is 6.92 Å². The molecule has 0 unspecified atom stereocenters. The highest BCUT2D eigenvalue weighted by Crippen LogP contribution is 2.22. The zero-order chi connectivity index (χ0) is 7.56. The molecule has 0 atom stereocenters. The molecule has 0 nitrogen and oxygen atoms in total. The summed E-state index contributed by atoms with van der Waals surface area (Å²) < 4.78 is 0. The lowest BCUT2D eigenvalue weighted by atomic mass is 10.2. The molecule has 0 saturated heterocycles. The van der Waals surface area contributed by atoms with Gasteiger partial charge in [-0.15, -0.1) is 0 Å². The van der Waals surface area contributed by atoms with E-state index in [-0.39, 0.29) is 0 Å². The Kier molecular flexibility index (Phi) is 2.58. The lowest BCUT2D eigenvalue weighted by Gasteiger charge is -1.97. The Morgan fingerprint density at radius 2 is 1.90 bits per heavy atom. The maximum Gasteiger partial charge on any atom is 0.0595 e. The first kappa shape index (κ1) is 7.90. The highest BCUT2D eigenvalue weighted by Gasteiger charge is 1.96. The van der Waals surface area contributed by atoms with Crippen LogP contribution in [0.2, 0.25) is 10.0 Å². The van der Waals surface area contributed by atoms with E-state index in [1.807, 2.05) is 6.07 Å². The summed E-state index contributed by atoms with van der Waals surface area (Å²) in [5, 5.41) is 1.13. The minimum atomic E-state index is 0.497. The van der Waals surface area contributed by atoms with Crippen molar-refractivity contribution in [3.63, 3.8) is 0 Å². The van der Waals surface area contributed by atoms with Crippen LogP contribution < -0.4 is 0 Å². The third kappa shape index (κ3) is 1.65. The van der Waals surface area contributed by atoms with Crippen LogP contribution in [0.25, 0.3) is 0 Å². The van der Waals surface area contributed by atoms with Crippen molar-refractivity contribution in [1.29, 1.82) is 0 Å². The van der Waals surface area contributed by atoms with Gasteiger partial charge in [0.05, 0.1) is 10.0 Å². The first-order valence-electron chi connectivity index (χ1n) is 2.88. The Balaban J connectivity index is 3.04. The highest BCUT2D eigenvalue weighted by molar-refractivity contribution is 6.41. The van der Waals surface area contributed by atoms with Gasteiger partial charge in [0.25, 0.3) is 0 Å². The normalized spacial score (nSPS) is 9.90. The third-order valence-corrected chi connectivity index (χ3v) is 1.96. The van der Waals surface area contributed by atoms with E-state index in [1.165, 1.54) is 0 Å². The monoisotopic (exact) mass is 172 g/mol. The Hall–Kier alpha value is -0.200. The molecule has 1 aromatic carbocycles. The van der Waals surface area contributed by atoms with E-state index in [0.29, 0.717) is 16.5 Å². The molecule has 10 heavy (non-hydrogen) atoms.